The van der Waals surface area contributed by atoms with Gasteiger partial charge in [-0.2, -0.15) is 0 Å². The third kappa shape index (κ3) is 3.80. The van der Waals surface area contributed by atoms with Gasteiger partial charge in [0.15, 0.2) is 23.8 Å². The molecule has 10 rings (SSSR count). The van der Waals surface area contributed by atoms with E-state index >= 15 is 0 Å². The van der Waals surface area contributed by atoms with Gasteiger partial charge in [-0.1, -0.05) is 20.8 Å². The molecule has 1 N–H and O–H groups in total. The second kappa shape index (κ2) is 9.11. The molecule has 2 aliphatic carbocycles. The lowest BCUT2D eigenvalue weighted by molar-refractivity contribution is -0.576. The molecular weight excluding hydrogens is 504 g/mol. The van der Waals surface area contributed by atoms with Crippen molar-refractivity contribution in [2.75, 3.05) is 0 Å². The molecule has 10 aliphatic rings. The van der Waals surface area contributed by atoms with E-state index in [0.29, 0.717) is 29.6 Å². The summed E-state index contributed by atoms with van der Waals surface area (Å²) in [4.78, 5) is 23.3. The van der Waals surface area contributed by atoms with Crippen molar-refractivity contribution in [2.24, 2.45) is 41.4 Å². The molecule has 8 heterocycles. The number of rotatable bonds is 0. The molecule has 0 aromatic carbocycles. The van der Waals surface area contributed by atoms with Gasteiger partial charge in [-0.3, -0.25) is 0 Å². The van der Waals surface area contributed by atoms with Gasteiger partial charge >= 0.3 is 0 Å². The maximum atomic E-state index is 10.2. The molecule has 0 aromatic heterocycles. The molecule has 220 valence electrons. The Morgan fingerprint density at radius 3 is 2.00 bits per heavy atom. The first-order valence-corrected chi connectivity index (χ1v) is 15.3. The van der Waals surface area contributed by atoms with Crippen molar-refractivity contribution in [1.29, 1.82) is 0 Å². The van der Waals surface area contributed by atoms with Crippen LogP contribution in [-0.4, -0.2) is 46.8 Å². The highest BCUT2D eigenvalue weighted by molar-refractivity contribution is 5.19. The monoisotopic (exact) mass is 550 g/mol. The van der Waals surface area contributed by atoms with Crippen LogP contribution in [0.2, 0.25) is 0 Å². The van der Waals surface area contributed by atoms with Crippen LogP contribution in [0.4, 0.5) is 0 Å². The Morgan fingerprint density at radius 1 is 0.718 bits per heavy atom. The summed E-state index contributed by atoms with van der Waals surface area (Å²) < 4.78 is 23.8. The Bertz CT molecular complexity index is 1000. The minimum absolute atomic E-state index is 0.0379. The fourth-order valence-electron chi connectivity index (χ4n) is 9.44. The lowest BCUT2D eigenvalue weighted by Crippen LogP contribution is -2.70. The van der Waals surface area contributed by atoms with E-state index in [-0.39, 0.29) is 18.1 Å². The fraction of sp³-hybridized carbons (Fsp3) is 0.933. The normalized spacial score (nSPS) is 58.9. The molecule has 7 saturated heterocycles. The summed E-state index contributed by atoms with van der Waals surface area (Å²) in [5, 5.41) is 10.2. The minimum atomic E-state index is -0.781. The molecular formula is C30H46O9. The summed E-state index contributed by atoms with van der Waals surface area (Å²) >= 11 is 0. The van der Waals surface area contributed by atoms with Crippen molar-refractivity contribution >= 4 is 0 Å². The molecule has 9 fully saturated rings. The second-order valence-electron chi connectivity index (χ2n) is 14.2. The van der Waals surface area contributed by atoms with Gasteiger partial charge in [0.1, 0.15) is 0 Å². The van der Waals surface area contributed by atoms with Gasteiger partial charge in [0.2, 0.25) is 17.9 Å². The number of ether oxygens (including phenoxy) is 4. The molecule has 4 bridgehead atoms. The Morgan fingerprint density at radius 2 is 1.31 bits per heavy atom. The molecule has 8 aliphatic heterocycles. The Balaban J connectivity index is 0.000000130. The topological polar surface area (TPSA) is 94.1 Å². The van der Waals surface area contributed by atoms with Crippen molar-refractivity contribution < 1.29 is 43.6 Å². The smallest absolute Gasteiger partial charge is 0.235 e. The van der Waals surface area contributed by atoms with Crippen molar-refractivity contribution in [3.05, 3.63) is 11.8 Å². The van der Waals surface area contributed by atoms with Gasteiger partial charge in [-0.05, 0) is 82.6 Å². The lowest BCUT2D eigenvalue weighted by Gasteiger charge is -2.59. The first-order valence-electron chi connectivity index (χ1n) is 15.3. The molecule has 0 amide bonds. The number of fused-ring (bicyclic) bond motifs is 4. The number of hydrogen-bond donors (Lipinski definition) is 1. The van der Waals surface area contributed by atoms with Gasteiger partial charge < -0.3 is 24.1 Å². The summed E-state index contributed by atoms with van der Waals surface area (Å²) in [6.45, 7) is 12.6. The first kappa shape index (κ1) is 27.1. The Kier molecular flexibility index (Phi) is 6.32. The average Bonchev–Trinajstić information content (AvgIpc) is 3.27. The van der Waals surface area contributed by atoms with Crippen LogP contribution < -0.4 is 0 Å². The fourth-order valence-corrected chi connectivity index (χ4v) is 9.44. The molecule has 2 spiro atoms. The SMILES string of the molecule is CC1=COC2O[C@]3(C)CCC4C(C)CCC1C24OO3.CC1CCC2[C@@H](C)C(O)OC3O[C@]4(C)CCC1C32OO4. The summed E-state index contributed by atoms with van der Waals surface area (Å²) in [5.41, 5.74) is 0.268. The first-order chi connectivity index (χ1) is 18.5. The molecule has 39 heavy (non-hydrogen) atoms. The molecule has 0 aromatic rings. The van der Waals surface area contributed by atoms with Crippen LogP contribution in [0, 0.1) is 41.4 Å². The molecule has 11 unspecified atom stereocenters. The summed E-state index contributed by atoms with van der Waals surface area (Å²) in [7, 11) is 0. The van der Waals surface area contributed by atoms with Gasteiger partial charge in [-0.15, -0.1) is 0 Å². The highest BCUT2D eigenvalue weighted by Crippen LogP contribution is 2.61. The highest BCUT2D eigenvalue weighted by Gasteiger charge is 2.70. The van der Waals surface area contributed by atoms with Crippen LogP contribution in [-0.2, 0) is 38.5 Å². The van der Waals surface area contributed by atoms with Crippen LogP contribution in [0.3, 0.4) is 0 Å². The van der Waals surface area contributed by atoms with Crippen LogP contribution >= 0.6 is 0 Å². The van der Waals surface area contributed by atoms with Crippen LogP contribution in [0.15, 0.2) is 11.8 Å². The van der Waals surface area contributed by atoms with Gasteiger partial charge in [0.05, 0.1) is 6.26 Å². The van der Waals surface area contributed by atoms with Crippen LogP contribution in [0.1, 0.15) is 92.9 Å². The van der Waals surface area contributed by atoms with E-state index in [1.165, 1.54) is 18.4 Å². The van der Waals surface area contributed by atoms with Crippen molar-refractivity contribution in [2.45, 2.75) is 135 Å². The highest BCUT2D eigenvalue weighted by atomic mass is 17.3. The van der Waals surface area contributed by atoms with E-state index in [4.69, 9.17) is 38.5 Å². The summed E-state index contributed by atoms with van der Waals surface area (Å²) in [6, 6.07) is 0. The van der Waals surface area contributed by atoms with Crippen molar-refractivity contribution in [3.8, 4) is 0 Å². The molecule has 14 atom stereocenters. The van der Waals surface area contributed by atoms with Crippen molar-refractivity contribution in [1.82, 2.24) is 0 Å². The zero-order valence-corrected chi connectivity index (χ0v) is 24.2. The van der Waals surface area contributed by atoms with E-state index in [2.05, 4.69) is 20.8 Å². The molecule has 0 radical (unpaired) electrons. The summed E-state index contributed by atoms with van der Waals surface area (Å²) in [5.74, 6) is 1.21. The van der Waals surface area contributed by atoms with E-state index in [1.54, 1.807) is 0 Å². The lowest BCUT2D eigenvalue weighted by atomic mass is 9.58. The van der Waals surface area contributed by atoms with Crippen LogP contribution in [0.25, 0.3) is 0 Å². The number of aliphatic hydroxyl groups is 1. The average molecular weight is 551 g/mol. The van der Waals surface area contributed by atoms with Gasteiger partial charge in [0.25, 0.3) is 0 Å². The Hall–Kier alpha value is -0.780. The third-order valence-electron chi connectivity index (χ3n) is 11.8. The number of hydrogen-bond acceptors (Lipinski definition) is 9. The summed E-state index contributed by atoms with van der Waals surface area (Å²) in [6.07, 6.45) is 8.59. The largest absolute Gasteiger partial charge is 0.469 e. The minimum Gasteiger partial charge on any atom is -0.469 e. The number of aliphatic hydroxyl groups excluding tert-OH is 1. The van der Waals surface area contributed by atoms with E-state index in [1.807, 2.05) is 27.0 Å². The predicted molar refractivity (Wildman–Crippen MR) is 137 cm³/mol. The maximum Gasteiger partial charge on any atom is 0.235 e. The predicted octanol–water partition coefficient (Wildman–Crippen LogP) is 5.32. The van der Waals surface area contributed by atoms with Gasteiger partial charge in [-0.25, -0.2) is 19.6 Å². The Labute approximate surface area is 231 Å². The quantitative estimate of drug-likeness (QED) is 0.402. The molecule has 9 nitrogen and oxygen atoms in total. The second-order valence-corrected chi connectivity index (χ2v) is 14.2. The van der Waals surface area contributed by atoms with Crippen LogP contribution in [0.5, 0.6) is 0 Å². The van der Waals surface area contributed by atoms with E-state index in [0.717, 1.165) is 38.5 Å². The maximum absolute atomic E-state index is 10.2. The van der Waals surface area contributed by atoms with E-state index < -0.39 is 35.4 Å². The zero-order valence-electron chi connectivity index (χ0n) is 24.2. The standard InChI is InChI=1S/C15H24O5.C15H22O4/c1-8-4-5-11-9(2)12(16)17-13-15(11)10(8)6-7-14(3,18-13)19-20-15;1-9-4-5-11-10(2)8-16-13-15(11)12(9)6-7-14(3,17-13)18-19-15/h8-13,16H,4-7H2,1-3H3;8-9,11-13H,4-7H2,1-3H3/t8?,9-,10?,11?,12?,13?,14+,15?;9?,11?,12?,13?,14-,15?/m10/s1. The third-order valence-corrected chi connectivity index (χ3v) is 11.8. The van der Waals surface area contributed by atoms with E-state index in [9.17, 15) is 5.11 Å². The zero-order chi connectivity index (χ0) is 27.4. The van der Waals surface area contributed by atoms with Crippen molar-refractivity contribution in [3.63, 3.8) is 0 Å². The van der Waals surface area contributed by atoms with Gasteiger partial charge in [0, 0.05) is 36.5 Å². The molecule has 9 heteroatoms. The molecule has 2 saturated carbocycles.